The number of nitrogens with two attached hydrogens (primary N) is 1. The summed E-state index contributed by atoms with van der Waals surface area (Å²) in [5.41, 5.74) is 6.13. The molecular weight excluding hydrogens is 254 g/mol. The van der Waals surface area contributed by atoms with Gasteiger partial charge in [-0.1, -0.05) is 36.4 Å². The monoisotopic (exact) mass is 277 g/mol. The van der Waals surface area contributed by atoms with Crippen LogP contribution >= 0.6 is 0 Å². The number of carboxylic acid groups (broad SMARTS) is 1. The first kappa shape index (κ1) is 16.4. The molecule has 0 saturated carbocycles. The van der Waals surface area contributed by atoms with Crippen LogP contribution in [0.15, 0.2) is 43.0 Å². The first-order valence-electron chi connectivity index (χ1n) is 6.74. The van der Waals surface area contributed by atoms with Crippen LogP contribution in [0.1, 0.15) is 31.7 Å². The summed E-state index contributed by atoms with van der Waals surface area (Å²) in [6, 6.07) is 8.88. The molecule has 1 unspecified atom stereocenters. The van der Waals surface area contributed by atoms with E-state index in [2.05, 4.69) is 6.58 Å². The van der Waals surface area contributed by atoms with Gasteiger partial charge in [0.15, 0.2) is 0 Å². The van der Waals surface area contributed by atoms with Crippen LogP contribution < -0.4 is 5.73 Å². The van der Waals surface area contributed by atoms with Crippen molar-refractivity contribution in [2.45, 2.75) is 44.4 Å². The predicted molar refractivity (Wildman–Crippen MR) is 79.3 cm³/mol. The summed E-state index contributed by atoms with van der Waals surface area (Å²) in [5, 5.41) is 8.96. The van der Waals surface area contributed by atoms with Crippen LogP contribution in [0, 0.1) is 0 Å². The van der Waals surface area contributed by atoms with Crippen molar-refractivity contribution in [2.75, 3.05) is 0 Å². The standard InChI is InChI=1S/C16H23NO3/c1-3-4-10-16(2,11-14(17)15(18)19)20-12-13-8-6-5-7-9-13/h3,5-9,14H,1,4,10-12,17H2,2H3,(H,18,19)/t14?,16-/m0/s1. The number of hydrogen-bond donors (Lipinski definition) is 2. The van der Waals surface area contributed by atoms with E-state index in [9.17, 15) is 4.79 Å². The maximum absolute atomic E-state index is 10.9. The number of carbonyl (C=O) groups is 1. The molecular formula is C16H23NO3. The minimum Gasteiger partial charge on any atom is -0.480 e. The summed E-state index contributed by atoms with van der Waals surface area (Å²) >= 11 is 0. The summed E-state index contributed by atoms with van der Waals surface area (Å²) in [5.74, 6) is -1.00. The highest BCUT2D eigenvalue weighted by Crippen LogP contribution is 2.25. The number of rotatable bonds is 9. The maximum atomic E-state index is 10.9. The average Bonchev–Trinajstić information content (AvgIpc) is 2.44. The van der Waals surface area contributed by atoms with E-state index in [1.54, 1.807) is 6.08 Å². The molecule has 0 aliphatic rings. The van der Waals surface area contributed by atoms with E-state index in [4.69, 9.17) is 15.6 Å². The Kier molecular flexibility index (Phi) is 6.42. The van der Waals surface area contributed by atoms with Gasteiger partial charge in [-0.05, 0) is 25.3 Å². The first-order chi connectivity index (χ1) is 9.47. The molecule has 0 saturated heterocycles. The molecule has 4 nitrogen and oxygen atoms in total. The van der Waals surface area contributed by atoms with Crippen molar-refractivity contribution in [3.05, 3.63) is 48.6 Å². The van der Waals surface area contributed by atoms with Gasteiger partial charge in [-0.2, -0.15) is 0 Å². The molecule has 0 aromatic heterocycles. The molecule has 2 atom stereocenters. The lowest BCUT2D eigenvalue weighted by atomic mass is 9.91. The molecule has 0 spiro atoms. The number of benzene rings is 1. The Morgan fingerprint density at radius 2 is 2.15 bits per heavy atom. The highest BCUT2D eigenvalue weighted by Gasteiger charge is 2.30. The van der Waals surface area contributed by atoms with E-state index < -0.39 is 17.6 Å². The topological polar surface area (TPSA) is 72.6 Å². The van der Waals surface area contributed by atoms with Crippen LogP contribution in [0.25, 0.3) is 0 Å². The van der Waals surface area contributed by atoms with Crippen LogP contribution in [0.4, 0.5) is 0 Å². The molecule has 0 radical (unpaired) electrons. The molecule has 4 heteroatoms. The van der Waals surface area contributed by atoms with Gasteiger partial charge in [0, 0.05) is 6.42 Å². The third-order valence-electron chi connectivity index (χ3n) is 3.28. The van der Waals surface area contributed by atoms with Crippen molar-refractivity contribution in [3.63, 3.8) is 0 Å². The molecule has 110 valence electrons. The van der Waals surface area contributed by atoms with Crippen molar-refractivity contribution in [3.8, 4) is 0 Å². The van der Waals surface area contributed by atoms with Gasteiger partial charge in [-0.15, -0.1) is 6.58 Å². The van der Waals surface area contributed by atoms with Gasteiger partial charge in [0.1, 0.15) is 6.04 Å². The van der Waals surface area contributed by atoms with Gasteiger partial charge >= 0.3 is 5.97 Å². The van der Waals surface area contributed by atoms with Crippen molar-refractivity contribution in [2.24, 2.45) is 5.73 Å². The Balaban J connectivity index is 2.66. The molecule has 0 amide bonds. The predicted octanol–water partition coefficient (Wildman–Crippen LogP) is 2.73. The molecule has 1 rings (SSSR count). The zero-order chi connectivity index (χ0) is 15.0. The van der Waals surface area contributed by atoms with Crippen LogP contribution in [-0.2, 0) is 16.1 Å². The average molecular weight is 277 g/mol. The van der Waals surface area contributed by atoms with E-state index in [1.165, 1.54) is 0 Å². The van der Waals surface area contributed by atoms with Gasteiger partial charge in [0.25, 0.3) is 0 Å². The van der Waals surface area contributed by atoms with E-state index in [0.29, 0.717) is 13.0 Å². The summed E-state index contributed by atoms with van der Waals surface area (Å²) in [4.78, 5) is 10.9. The second kappa shape index (κ2) is 7.82. The van der Waals surface area contributed by atoms with Gasteiger partial charge in [0.05, 0.1) is 12.2 Å². The molecule has 0 aliphatic heterocycles. The number of aliphatic carboxylic acids is 1. The minimum absolute atomic E-state index is 0.281. The fourth-order valence-electron chi connectivity index (χ4n) is 2.02. The van der Waals surface area contributed by atoms with Crippen LogP contribution in [-0.4, -0.2) is 22.7 Å². The highest BCUT2D eigenvalue weighted by atomic mass is 16.5. The number of ether oxygens (including phenoxy) is 1. The Bertz CT molecular complexity index is 433. The largest absolute Gasteiger partial charge is 0.480 e. The lowest BCUT2D eigenvalue weighted by Crippen LogP contribution is -2.41. The normalized spacial score (nSPS) is 15.3. The Morgan fingerprint density at radius 3 is 2.70 bits per heavy atom. The SMILES string of the molecule is C=CCC[C@@](C)(CC(N)C(=O)O)OCc1ccccc1. The molecule has 0 bridgehead atoms. The Morgan fingerprint density at radius 1 is 1.50 bits per heavy atom. The molecule has 3 N–H and O–H groups in total. The van der Waals surface area contributed by atoms with E-state index in [1.807, 2.05) is 37.3 Å². The molecule has 0 fully saturated rings. The number of carboxylic acids is 1. The molecule has 1 aromatic carbocycles. The van der Waals surface area contributed by atoms with Crippen molar-refractivity contribution < 1.29 is 14.6 Å². The fourth-order valence-corrected chi connectivity index (χ4v) is 2.02. The molecule has 0 aliphatic carbocycles. The summed E-state index contributed by atoms with van der Waals surface area (Å²) < 4.78 is 5.95. The number of hydrogen-bond acceptors (Lipinski definition) is 3. The van der Waals surface area contributed by atoms with Crippen LogP contribution in [0.3, 0.4) is 0 Å². The van der Waals surface area contributed by atoms with Crippen LogP contribution in [0.2, 0.25) is 0 Å². The maximum Gasteiger partial charge on any atom is 0.320 e. The van der Waals surface area contributed by atoms with E-state index >= 15 is 0 Å². The zero-order valence-corrected chi connectivity index (χ0v) is 11.9. The van der Waals surface area contributed by atoms with Crippen molar-refractivity contribution in [1.29, 1.82) is 0 Å². The Hall–Kier alpha value is -1.65. The first-order valence-corrected chi connectivity index (χ1v) is 6.74. The molecule has 20 heavy (non-hydrogen) atoms. The van der Waals surface area contributed by atoms with Gasteiger partial charge in [-0.3, -0.25) is 4.79 Å². The van der Waals surface area contributed by atoms with Gasteiger partial charge in [-0.25, -0.2) is 0 Å². The van der Waals surface area contributed by atoms with Gasteiger partial charge < -0.3 is 15.6 Å². The second-order valence-electron chi connectivity index (χ2n) is 5.20. The highest BCUT2D eigenvalue weighted by molar-refractivity contribution is 5.73. The Labute approximate surface area is 120 Å². The summed E-state index contributed by atoms with van der Waals surface area (Å²) in [6.07, 6.45) is 3.54. The zero-order valence-electron chi connectivity index (χ0n) is 11.9. The fraction of sp³-hybridized carbons (Fsp3) is 0.438. The minimum atomic E-state index is -1.00. The second-order valence-corrected chi connectivity index (χ2v) is 5.20. The molecule has 0 heterocycles. The van der Waals surface area contributed by atoms with Crippen molar-refractivity contribution in [1.82, 2.24) is 0 Å². The third kappa shape index (κ3) is 5.55. The van der Waals surface area contributed by atoms with Crippen molar-refractivity contribution >= 4 is 5.97 Å². The number of allylic oxidation sites excluding steroid dienone is 1. The van der Waals surface area contributed by atoms with Crippen LogP contribution in [0.5, 0.6) is 0 Å². The lowest BCUT2D eigenvalue weighted by molar-refractivity contribution is -0.141. The van der Waals surface area contributed by atoms with Gasteiger partial charge in [0.2, 0.25) is 0 Å². The van der Waals surface area contributed by atoms with E-state index in [-0.39, 0.29) is 6.42 Å². The summed E-state index contributed by atoms with van der Waals surface area (Å²) in [6.45, 7) is 6.04. The smallest absolute Gasteiger partial charge is 0.320 e. The third-order valence-corrected chi connectivity index (χ3v) is 3.28. The van der Waals surface area contributed by atoms with E-state index in [0.717, 1.165) is 12.0 Å². The summed E-state index contributed by atoms with van der Waals surface area (Å²) in [7, 11) is 0. The molecule has 1 aromatic rings. The lowest BCUT2D eigenvalue weighted by Gasteiger charge is -2.31. The quantitative estimate of drug-likeness (QED) is 0.681.